The summed E-state index contributed by atoms with van der Waals surface area (Å²) in [6, 6.07) is 9.54. The van der Waals surface area contributed by atoms with Gasteiger partial charge in [0.25, 0.3) is 5.56 Å². The van der Waals surface area contributed by atoms with Crippen LogP contribution in [0.4, 0.5) is 5.69 Å². The van der Waals surface area contributed by atoms with Gasteiger partial charge in [0.15, 0.2) is 5.11 Å². The Balaban J connectivity index is 1.77. The van der Waals surface area contributed by atoms with Crippen molar-refractivity contribution in [3.8, 4) is 5.69 Å². The van der Waals surface area contributed by atoms with E-state index in [0.717, 1.165) is 29.9 Å². The fourth-order valence-electron chi connectivity index (χ4n) is 3.35. The number of hydrazone groups is 1. The van der Waals surface area contributed by atoms with E-state index in [1.165, 1.54) is 12.8 Å². The molecule has 0 saturated heterocycles. The van der Waals surface area contributed by atoms with Crippen LogP contribution in [0, 0.1) is 12.8 Å². The average Bonchev–Trinajstić information content (AvgIpc) is 2.84. The molecule has 1 aromatic heterocycles. The van der Waals surface area contributed by atoms with Gasteiger partial charge in [-0.05, 0) is 62.9 Å². The fraction of sp³-hybridized carbons (Fsp3) is 0.421. The Hall–Kier alpha value is -2.41. The molecule has 138 valence electrons. The van der Waals surface area contributed by atoms with Gasteiger partial charge in [0.2, 0.25) is 0 Å². The molecule has 6 nitrogen and oxygen atoms in total. The Kier molecular flexibility index (Phi) is 5.56. The third-order valence-electron chi connectivity index (χ3n) is 4.85. The number of hydrogen-bond acceptors (Lipinski definition) is 3. The minimum atomic E-state index is -0.140. The first-order valence-electron chi connectivity index (χ1n) is 8.94. The van der Waals surface area contributed by atoms with Crippen molar-refractivity contribution in [2.24, 2.45) is 18.1 Å². The van der Waals surface area contributed by atoms with Gasteiger partial charge in [0, 0.05) is 12.8 Å². The van der Waals surface area contributed by atoms with Crippen molar-refractivity contribution in [2.45, 2.75) is 39.5 Å². The van der Waals surface area contributed by atoms with Crippen LogP contribution in [0.15, 0.2) is 40.2 Å². The van der Waals surface area contributed by atoms with Gasteiger partial charge in [-0.1, -0.05) is 25.1 Å². The molecular weight excluding hydrogens is 346 g/mol. The Bertz CT molecular complexity index is 881. The summed E-state index contributed by atoms with van der Waals surface area (Å²) in [6.45, 7) is 4.13. The maximum absolute atomic E-state index is 12.9. The molecule has 1 heterocycles. The van der Waals surface area contributed by atoms with Crippen molar-refractivity contribution in [1.29, 1.82) is 0 Å². The molecule has 1 saturated carbocycles. The number of rotatable bonds is 3. The zero-order chi connectivity index (χ0) is 18.7. The molecule has 1 atom stereocenters. The predicted octanol–water partition coefficient (Wildman–Crippen LogP) is 3.34. The number of thiocarbonyl (C=S) groups is 1. The lowest BCUT2D eigenvalue weighted by molar-refractivity contribution is 0.498. The van der Waals surface area contributed by atoms with Gasteiger partial charge in [-0.3, -0.25) is 14.9 Å². The summed E-state index contributed by atoms with van der Waals surface area (Å²) < 4.78 is 3.44. The van der Waals surface area contributed by atoms with Crippen LogP contribution in [0.2, 0.25) is 0 Å². The minimum absolute atomic E-state index is 0.140. The highest BCUT2D eigenvalue weighted by molar-refractivity contribution is 7.80. The van der Waals surface area contributed by atoms with E-state index in [2.05, 4.69) is 22.8 Å². The fourth-order valence-corrected chi connectivity index (χ4v) is 3.49. The van der Waals surface area contributed by atoms with Crippen molar-refractivity contribution in [1.82, 2.24) is 14.8 Å². The van der Waals surface area contributed by atoms with Gasteiger partial charge >= 0.3 is 0 Å². The molecule has 0 unspecified atom stereocenters. The summed E-state index contributed by atoms with van der Waals surface area (Å²) in [7, 11) is 1.86. The van der Waals surface area contributed by atoms with Gasteiger partial charge < -0.3 is 5.32 Å². The summed E-state index contributed by atoms with van der Waals surface area (Å²) in [5, 5.41) is 7.78. The standard InChI is InChI=1S/C19H25N5OS/c1-13-8-7-9-15(12-13)21-22-19(26)20-17-14(2)23(3)24(18(17)25)16-10-5-4-6-11-16/h4-6,10-11,13H,7-9,12H2,1-3H3,(H2,20,22,26)/b21-15+/t13-/m0/s1. The SMILES string of the molecule is Cc1c(NC(=S)N/N=C2\CCC[C@H](C)C2)c(=O)n(-c2ccccc2)n1C. The van der Waals surface area contributed by atoms with Crippen LogP contribution in [0.3, 0.4) is 0 Å². The quantitative estimate of drug-likeness (QED) is 0.642. The lowest BCUT2D eigenvalue weighted by Crippen LogP contribution is -2.29. The highest BCUT2D eigenvalue weighted by Crippen LogP contribution is 2.21. The maximum atomic E-state index is 12.9. The van der Waals surface area contributed by atoms with Crippen molar-refractivity contribution in [3.05, 3.63) is 46.4 Å². The van der Waals surface area contributed by atoms with Crippen molar-refractivity contribution < 1.29 is 0 Å². The van der Waals surface area contributed by atoms with Crippen LogP contribution in [0.25, 0.3) is 5.69 Å². The lowest BCUT2D eigenvalue weighted by atomic mass is 9.89. The third-order valence-corrected chi connectivity index (χ3v) is 5.05. The molecule has 26 heavy (non-hydrogen) atoms. The topological polar surface area (TPSA) is 63.4 Å². The Morgan fingerprint density at radius 3 is 2.73 bits per heavy atom. The Labute approximate surface area is 158 Å². The van der Waals surface area contributed by atoms with Crippen LogP contribution in [-0.4, -0.2) is 20.2 Å². The highest BCUT2D eigenvalue weighted by Gasteiger charge is 2.17. The molecule has 7 heteroatoms. The van der Waals surface area contributed by atoms with E-state index in [0.29, 0.717) is 16.7 Å². The molecule has 0 spiro atoms. The monoisotopic (exact) mass is 371 g/mol. The lowest BCUT2D eigenvalue weighted by Gasteiger charge is -2.19. The van der Waals surface area contributed by atoms with E-state index in [1.54, 1.807) is 4.68 Å². The first-order chi connectivity index (χ1) is 12.5. The number of hydrogen-bond donors (Lipinski definition) is 2. The number of nitrogens with one attached hydrogen (secondary N) is 2. The summed E-state index contributed by atoms with van der Waals surface area (Å²) in [5.41, 5.74) is 5.98. The normalized spacial score (nSPS) is 18.7. The second kappa shape index (κ2) is 7.86. The van der Waals surface area contributed by atoms with Gasteiger partial charge in [-0.2, -0.15) is 5.10 Å². The third kappa shape index (κ3) is 3.88. The molecule has 1 aliphatic carbocycles. The number of benzene rings is 1. The van der Waals surface area contributed by atoms with E-state index < -0.39 is 0 Å². The largest absolute Gasteiger partial charge is 0.325 e. The van der Waals surface area contributed by atoms with Crippen molar-refractivity contribution >= 4 is 28.7 Å². The molecule has 0 bridgehead atoms. The number of aromatic nitrogens is 2. The van der Waals surface area contributed by atoms with Crippen LogP contribution in [0.5, 0.6) is 0 Å². The number of anilines is 1. The smallest absolute Gasteiger partial charge is 0.295 e. The first-order valence-corrected chi connectivity index (χ1v) is 9.34. The van der Waals surface area contributed by atoms with Gasteiger partial charge in [0.1, 0.15) is 5.69 Å². The van der Waals surface area contributed by atoms with Gasteiger partial charge in [-0.15, -0.1) is 0 Å². The number of nitrogens with zero attached hydrogens (tertiary/aromatic N) is 3. The summed E-state index contributed by atoms with van der Waals surface area (Å²) >= 11 is 5.34. The molecule has 3 rings (SSSR count). The second-order valence-electron chi connectivity index (χ2n) is 6.88. The Morgan fingerprint density at radius 1 is 1.31 bits per heavy atom. The zero-order valence-electron chi connectivity index (χ0n) is 15.5. The molecule has 2 N–H and O–H groups in total. The van der Waals surface area contributed by atoms with E-state index in [9.17, 15) is 4.79 Å². The van der Waals surface area contributed by atoms with Crippen LogP contribution >= 0.6 is 12.2 Å². The first kappa shape index (κ1) is 18.4. The molecular formula is C19H25N5OS. The molecule has 1 aromatic carbocycles. The zero-order valence-corrected chi connectivity index (χ0v) is 16.3. The van der Waals surface area contributed by atoms with Crippen molar-refractivity contribution in [2.75, 3.05) is 5.32 Å². The van der Waals surface area contributed by atoms with E-state index >= 15 is 0 Å². The van der Waals surface area contributed by atoms with Gasteiger partial charge in [-0.25, -0.2) is 4.68 Å². The van der Waals surface area contributed by atoms with Crippen LogP contribution in [0.1, 0.15) is 38.3 Å². The molecule has 0 radical (unpaired) electrons. The van der Waals surface area contributed by atoms with E-state index in [1.807, 2.05) is 49.0 Å². The molecule has 1 aliphatic rings. The highest BCUT2D eigenvalue weighted by atomic mass is 32.1. The Morgan fingerprint density at radius 2 is 2.04 bits per heavy atom. The summed E-state index contributed by atoms with van der Waals surface area (Å²) in [4.78, 5) is 12.9. The summed E-state index contributed by atoms with van der Waals surface area (Å²) in [5.74, 6) is 0.667. The van der Waals surface area contributed by atoms with Crippen LogP contribution < -0.4 is 16.3 Å². The molecule has 0 amide bonds. The summed E-state index contributed by atoms with van der Waals surface area (Å²) in [6.07, 6.45) is 4.43. The molecule has 2 aromatic rings. The minimum Gasteiger partial charge on any atom is -0.325 e. The van der Waals surface area contributed by atoms with Crippen LogP contribution in [-0.2, 0) is 7.05 Å². The second-order valence-corrected chi connectivity index (χ2v) is 7.29. The average molecular weight is 372 g/mol. The van der Waals surface area contributed by atoms with Gasteiger partial charge in [0.05, 0.1) is 11.4 Å². The molecule has 1 fully saturated rings. The van der Waals surface area contributed by atoms with E-state index in [-0.39, 0.29) is 5.56 Å². The van der Waals surface area contributed by atoms with Crippen molar-refractivity contribution in [3.63, 3.8) is 0 Å². The number of para-hydroxylation sites is 1. The van der Waals surface area contributed by atoms with E-state index in [4.69, 9.17) is 12.2 Å². The maximum Gasteiger partial charge on any atom is 0.295 e. The molecule has 0 aliphatic heterocycles. The predicted molar refractivity (Wildman–Crippen MR) is 110 cm³/mol.